The Bertz CT molecular complexity index is 417. The van der Waals surface area contributed by atoms with E-state index < -0.39 is 0 Å². The maximum atomic E-state index is 12.2. The van der Waals surface area contributed by atoms with Crippen LogP contribution in [-0.4, -0.2) is 37.5 Å². The minimum absolute atomic E-state index is 0. The molecule has 1 rings (SSSR count). The Balaban J connectivity index is 0. The highest BCUT2D eigenvalue weighted by atomic mass is 35.5. The predicted molar refractivity (Wildman–Crippen MR) is 102 cm³/mol. The van der Waals surface area contributed by atoms with E-state index >= 15 is 0 Å². The number of likely N-dealkylation sites (N-methyl/N-ethyl adjacent to an activating group) is 1. The molecule has 3 N–H and O–H groups in total. The molecular weight excluding hydrogens is 333 g/mol. The number of hydrogen-bond donors (Lipinski definition) is 2. The third kappa shape index (κ3) is 10.6. The quantitative estimate of drug-likeness (QED) is 0.746. The van der Waals surface area contributed by atoms with Crippen molar-refractivity contribution in [2.75, 3.05) is 20.6 Å². The molecule has 0 aliphatic heterocycles. The topological polar surface area (TPSA) is 58.4 Å². The lowest BCUT2D eigenvalue weighted by molar-refractivity contribution is -0.122. The van der Waals surface area contributed by atoms with Crippen molar-refractivity contribution in [3.63, 3.8) is 0 Å². The van der Waals surface area contributed by atoms with Crippen LogP contribution in [0.25, 0.3) is 0 Å². The van der Waals surface area contributed by atoms with Gasteiger partial charge < -0.3 is 16.0 Å². The lowest BCUT2D eigenvalue weighted by atomic mass is 10.0. The highest BCUT2D eigenvalue weighted by Crippen LogP contribution is 2.13. The van der Waals surface area contributed by atoms with Crippen molar-refractivity contribution in [3.05, 3.63) is 35.9 Å². The van der Waals surface area contributed by atoms with Crippen molar-refractivity contribution in [1.29, 1.82) is 0 Å². The van der Waals surface area contributed by atoms with Crippen LogP contribution in [-0.2, 0) is 4.79 Å². The van der Waals surface area contributed by atoms with Gasteiger partial charge in [-0.2, -0.15) is 0 Å². The molecule has 23 heavy (non-hydrogen) atoms. The number of benzene rings is 1. The van der Waals surface area contributed by atoms with E-state index in [1.54, 1.807) is 0 Å². The van der Waals surface area contributed by atoms with Crippen molar-refractivity contribution in [3.8, 4) is 0 Å². The first kappa shape index (κ1) is 24.4. The molecular formula is C17H31Cl2N3O. The maximum absolute atomic E-state index is 12.2. The van der Waals surface area contributed by atoms with E-state index in [0.717, 1.165) is 18.5 Å². The molecule has 0 spiro atoms. The van der Waals surface area contributed by atoms with Gasteiger partial charge in [0.2, 0.25) is 5.91 Å². The van der Waals surface area contributed by atoms with E-state index in [1.165, 1.54) is 0 Å². The van der Waals surface area contributed by atoms with Gasteiger partial charge in [-0.15, -0.1) is 24.8 Å². The SMILES string of the molecule is CC(C)CC(CN(C)C)NC(=O)CC(N)c1ccccc1.Cl.Cl. The van der Waals surface area contributed by atoms with Crippen LogP contribution in [0.3, 0.4) is 0 Å². The summed E-state index contributed by atoms with van der Waals surface area (Å²) in [7, 11) is 4.05. The van der Waals surface area contributed by atoms with Crippen LogP contribution < -0.4 is 11.1 Å². The minimum Gasteiger partial charge on any atom is -0.352 e. The first-order valence-electron chi connectivity index (χ1n) is 7.63. The standard InChI is InChI=1S/C17H29N3O.2ClH/c1-13(2)10-15(12-20(3)4)19-17(21)11-16(18)14-8-6-5-7-9-14;;/h5-9,13,15-16H,10-12,18H2,1-4H3,(H,19,21);2*1H. The summed E-state index contributed by atoms with van der Waals surface area (Å²) in [6, 6.07) is 9.70. The molecule has 6 heteroatoms. The van der Waals surface area contributed by atoms with Gasteiger partial charge in [-0.05, 0) is 32.0 Å². The molecule has 1 amide bonds. The van der Waals surface area contributed by atoms with Gasteiger partial charge in [0.05, 0.1) is 0 Å². The van der Waals surface area contributed by atoms with Gasteiger partial charge >= 0.3 is 0 Å². The lowest BCUT2D eigenvalue weighted by Crippen LogP contribution is -2.43. The van der Waals surface area contributed by atoms with E-state index in [1.807, 2.05) is 44.4 Å². The molecule has 2 unspecified atom stereocenters. The summed E-state index contributed by atoms with van der Waals surface area (Å²) >= 11 is 0. The maximum Gasteiger partial charge on any atom is 0.222 e. The van der Waals surface area contributed by atoms with Crippen molar-refractivity contribution in [2.24, 2.45) is 11.7 Å². The van der Waals surface area contributed by atoms with Crippen LogP contribution in [0.1, 0.15) is 38.3 Å². The first-order valence-corrected chi connectivity index (χ1v) is 7.63. The Morgan fingerprint density at radius 2 is 1.74 bits per heavy atom. The van der Waals surface area contributed by atoms with Gasteiger partial charge in [-0.1, -0.05) is 44.2 Å². The summed E-state index contributed by atoms with van der Waals surface area (Å²) in [6.07, 6.45) is 1.30. The number of nitrogens with one attached hydrogen (secondary N) is 1. The monoisotopic (exact) mass is 363 g/mol. The second kappa shape index (κ2) is 12.6. The Morgan fingerprint density at radius 3 is 2.22 bits per heavy atom. The first-order chi connectivity index (χ1) is 9.88. The van der Waals surface area contributed by atoms with E-state index in [4.69, 9.17) is 5.73 Å². The zero-order valence-corrected chi connectivity index (χ0v) is 16.1. The molecule has 0 fully saturated rings. The van der Waals surface area contributed by atoms with Gasteiger partial charge in [0, 0.05) is 25.0 Å². The van der Waals surface area contributed by atoms with Crippen molar-refractivity contribution >= 4 is 30.7 Å². The van der Waals surface area contributed by atoms with Gasteiger partial charge in [-0.3, -0.25) is 4.79 Å². The highest BCUT2D eigenvalue weighted by Gasteiger charge is 2.17. The van der Waals surface area contributed by atoms with Crippen LogP contribution in [0.5, 0.6) is 0 Å². The summed E-state index contributed by atoms with van der Waals surface area (Å²) in [5, 5.41) is 3.12. The second-order valence-corrected chi connectivity index (χ2v) is 6.38. The van der Waals surface area contributed by atoms with Crippen LogP contribution in [0.15, 0.2) is 30.3 Å². The summed E-state index contributed by atoms with van der Waals surface area (Å²) in [4.78, 5) is 14.3. The highest BCUT2D eigenvalue weighted by molar-refractivity contribution is 5.85. The fraction of sp³-hybridized carbons (Fsp3) is 0.588. The summed E-state index contributed by atoms with van der Waals surface area (Å²) in [6.45, 7) is 5.19. The van der Waals surface area contributed by atoms with Gasteiger partial charge in [-0.25, -0.2) is 0 Å². The smallest absolute Gasteiger partial charge is 0.222 e. The average molecular weight is 364 g/mol. The molecule has 0 saturated carbocycles. The summed E-state index contributed by atoms with van der Waals surface area (Å²) < 4.78 is 0. The number of nitrogens with zero attached hydrogens (tertiary/aromatic N) is 1. The molecule has 4 nitrogen and oxygen atoms in total. The third-order valence-electron chi connectivity index (χ3n) is 3.34. The number of carbonyl (C=O) groups excluding carboxylic acids is 1. The fourth-order valence-corrected chi connectivity index (χ4v) is 2.49. The summed E-state index contributed by atoms with van der Waals surface area (Å²) in [5.41, 5.74) is 7.10. The molecule has 0 radical (unpaired) electrons. The Morgan fingerprint density at radius 1 is 1.17 bits per heavy atom. The normalized spacial score (nSPS) is 13.0. The number of halogens is 2. The molecule has 134 valence electrons. The van der Waals surface area contributed by atoms with Crippen LogP contribution in [0.2, 0.25) is 0 Å². The minimum atomic E-state index is -0.245. The molecule has 2 atom stereocenters. The molecule has 0 aliphatic carbocycles. The van der Waals surface area contributed by atoms with Crippen LogP contribution >= 0.6 is 24.8 Å². The van der Waals surface area contributed by atoms with Crippen molar-refractivity contribution in [2.45, 2.75) is 38.8 Å². The molecule has 1 aromatic rings. The van der Waals surface area contributed by atoms with Gasteiger partial charge in [0.15, 0.2) is 0 Å². The molecule has 0 bridgehead atoms. The lowest BCUT2D eigenvalue weighted by Gasteiger charge is -2.24. The van der Waals surface area contributed by atoms with Crippen LogP contribution in [0, 0.1) is 5.92 Å². The summed E-state index contributed by atoms with van der Waals surface area (Å²) in [5.74, 6) is 0.580. The Labute approximate surface area is 153 Å². The molecule has 0 heterocycles. The predicted octanol–water partition coefficient (Wildman–Crippen LogP) is 3.01. The van der Waals surface area contributed by atoms with Crippen molar-refractivity contribution in [1.82, 2.24) is 10.2 Å². The van der Waals surface area contributed by atoms with E-state index in [9.17, 15) is 4.79 Å². The fourth-order valence-electron chi connectivity index (χ4n) is 2.49. The second-order valence-electron chi connectivity index (χ2n) is 6.38. The third-order valence-corrected chi connectivity index (χ3v) is 3.34. The molecule has 1 aromatic carbocycles. The zero-order valence-electron chi connectivity index (χ0n) is 14.5. The van der Waals surface area contributed by atoms with Crippen LogP contribution in [0.4, 0.5) is 0 Å². The van der Waals surface area contributed by atoms with Crippen molar-refractivity contribution < 1.29 is 4.79 Å². The van der Waals surface area contributed by atoms with E-state index in [0.29, 0.717) is 12.3 Å². The van der Waals surface area contributed by atoms with Gasteiger partial charge in [0.1, 0.15) is 0 Å². The van der Waals surface area contributed by atoms with Gasteiger partial charge in [0.25, 0.3) is 0 Å². The van der Waals surface area contributed by atoms with E-state index in [2.05, 4.69) is 24.1 Å². The molecule has 0 saturated heterocycles. The Hall–Kier alpha value is -0.810. The Kier molecular flexibility index (Phi) is 13.4. The number of amides is 1. The number of carbonyl (C=O) groups is 1. The van der Waals surface area contributed by atoms with E-state index in [-0.39, 0.29) is 42.8 Å². The zero-order chi connectivity index (χ0) is 15.8. The number of hydrogen-bond acceptors (Lipinski definition) is 3. The number of nitrogens with two attached hydrogens (primary N) is 1. The average Bonchev–Trinajstić information content (AvgIpc) is 2.37. The largest absolute Gasteiger partial charge is 0.352 e. The molecule has 0 aromatic heterocycles. The molecule has 0 aliphatic rings. The number of rotatable bonds is 8.